The number of nitrogens with zero attached hydrogens (tertiary/aromatic N) is 2. The van der Waals surface area contributed by atoms with Crippen LogP contribution in [0.5, 0.6) is 0 Å². The molecule has 2 heterocycles. The first-order chi connectivity index (χ1) is 7.66. The van der Waals surface area contributed by atoms with Crippen LogP contribution in [-0.4, -0.2) is 9.55 Å². The molecule has 3 aromatic rings. The number of hydrogen-bond donors (Lipinski definition) is 1. The van der Waals surface area contributed by atoms with Gasteiger partial charge in [0.25, 0.3) is 0 Å². The minimum absolute atomic E-state index is 0.537. The van der Waals surface area contributed by atoms with Gasteiger partial charge in [0.1, 0.15) is 5.82 Å². The molecular formula is C12H10ClN3. The van der Waals surface area contributed by atoms with Crippen molar-refractivity contribution in [1.82, 2.24) is 9.55 Å². The van der Waals surface area contributed by atoms with Crippen molar-refractivity contribution in [2.75, 3.05) is 5.73 Å². The SMILES string of the molecule is Cn1c2cnc(N)cc2c2ccc(Cl)cc21. The number of aryl methyl sites for hydroxylation is 1. The van der Waals surface area contributed by atoms with E-state index < -0.39 is 0 Å². The van der Waals surface area contributed by atoms with E-state index in [2.05, 4.69) is 9.55 Å². The van der Waals surface area contributed by atoms with Crippen molar-refractivity contribution in [2.45, 2.75) is 0 Å². The summed E-state index contributed by atoms with van der Waals surface area (Å²) in [5.74, 6) is 0.537. The zero-order valence-corrected chi connectivity index (χ0v) is 9.49. The Balaban J connectivity index is 2.59. The van der Waals surface area contributed by atoms with Gasteiger partial charge in [0, 0.05) is 22.8 Å². The van der Waals surface area contributed by atoms with E-state index in [0.717, 1.165) is 26.8 Å². The smallest absolute Gasteiger partial charge is 0.124 e. The van der Waals surface area contributed by atoms with Crippen LogP contribution in [0.15, 0.2) is 30.5 Å². The van der Waals surface area contributed by atoms with Crippen LogP contribution in [0.4, 0.5) is 5.82 Å². The number of nitrogen functional groups attached to an aromatic ring is 1. The second-order valence-electron chi connectivity index (χ2n) is 3.85. The van der Waals surface area contributed by atoms with Gasteiger partial charge in [0.2, 0.25) is 0 Å². The molecule has 0 unspecified atom stereocenters. The van der Waals surface area contributed by atoms with Crippen LogP contribution in [-0.2, 0) is 7.05 Å². The normalized spacial score (nSPS) is 11.4. The van der Waals surface area contributed by atoms with E-state index in [4.69, 9.17) is 17.3 Å². The number of halogens is 1. The predicted octanol–water partition coefficient (Wildman–Crippen LogP) is 2.96. The van der Waals surface area contributed by atoms with Crippen molar-refractivity contribution >= 4 is 39.2 Å². The highest BCUT2D eigenvalue weighted by Crippen LogP contribution is 2.30. The van der Waals surface area contributed by atoms with Gasteiger partial charge in [-0.05, 0) is 18.2 Å². The summed E-state index contributed by atoms with van der Waals surface area (Å²) in [7, 11) is 2.00. The number of pyridine rings is 1. The Bertz CT molecular complexity index is 700. The van der Waals surface area contributed by atoms with E-state index in [-0.39, 0.29) is 0 Å². The van der Waals surface area contributed by atoms with E-state index in [0.29, 0.717) is 5.82 Å². The number of fused-ring (bicyclic) bond motifs is 3. The topological polar surface area (TPSA) is 43.8 Å². The van der Waals surface area contributed by atoms with Crippen LogP contribution in [0, 0.1) is 0 Å². The molecule has 2 aromatic heterocycles. The van der Waals surface area contributed by atoms with Gasteiger partial charge in [-0.25, -0.2) is 4.98 Å². The maximum atomic E-state index is 6.00. The highest BCUT2D eigenvalue weighted by atomic mass is 35.5. The quantitative estimate of drug-likeness (QED) is 0.647. The summed E-state index contributed by atoms with van der Waals surface area (Å²) in [5, 5.41) is 3.00. The number of hydrogen-bond acceptors (Lipinski definition) is 2. The third kappa shape index (κ3) is 1.18. The van der Waals surface area contributed by atoms with E-state index in [1.54, 1.807) is 6.20 Å². The first kappa shape index (κ1) is 9.48. The lowest BCUT2D eigenvalue weighted by Crippen LogP contribution is -1.90. The predicted molar refractivity (Wildman–Crippen MR) is 67.6 cm³/mol. The molecule has 0 radical (unpaired) electrons. The molecular weight excluding hydrogens is 222 g/mol. The summed E-state index contributed by atoms with van der Waals surface area (Å²) < 4.78 is 2.07. The van der Waals surface area contributed by atoms with Crippen LogP contribution in [0.1, 0.15) is 0 Å². The Labute approximate surface area is 97.4 Å². The zero-order chi connectivity index (χ0) is 11.3. The van der Waals surface area contributed by atoms with E-state index in [9.17, 15) is 0 Å². The molecule has 0 spiro atoms. The van der Waals surface area contributed by atoms with Gasteiger partial charge in [-0.15, -0.1) is 0 Å². The lowest BCUT2D eigenvalue weighted by Gasteiger charge is -1.97. The Morgan fingerprint density at radius 2 is 2.00 bits per heavy atom. The average molecular weight is 232 g/mol. The molecule has 0 atom stereocenters. The molecule has 0 saturated heterocycles. The molecule has 0 aliphatic carbocycles. The molecule has 0 fully saturated rings. The van der Waals surface area contributed by atoms with Crippen molar-refractivity contribution in [1.29, 1.82) is 0 Å². The van der Waals surface area contributed by atoms with Gasteiger partial charge < -0.3 is 10.3 Å². The summed E-state index contributed by atoms with van der Waals surface area (Å²) >= 11 is 6.00. The molecule has 3 nitrogen and oxygen atoms in total. The van der Waals surface area contributed by atoms with Gasteiger partial charge in [0.05, 0.1) is 17.2 Å². The highest BCUT2D eigenvalue weighted by Gasteiger charge is 2.08. The third-order valence-electron chi connectivity index (χ3n) is 2.88. The van der Waals surface area contributed by atoms with Gasteiger partial charge in [-0.3, -0.25) is 0 Å². The van der Waals surface area contributed by atoms with Gasteiger partial charge in [-0.2, -0.15) is 0 Å². The fourth-order valence-corrected chi connectivity index (χ4v) is 2.25. The molecule has 3 rings (SSSR count). The number of aromatic nitrogens is 2. The lowest BCUT2D eigenvalue weighted by atomic mass is 10.2. The Hall–Kier alpha value is -1.74. The number of nitrogens with two attached hydrogens (primary N) is 1. The molecule has 0 aliphatic heterocycles. The molecule has 0 aliphatic rings. The number of benzene rings is 1. The summed E-state index contributed by atoms with van der Waals surface area (Å²) in [6, 6.07) is 7.75. The molecule has 4 heteroatoms. The molecule has 0 saturated carbocycles. The van der Waals surface area contributed by atoms with Gasteiger partial charge in [-0.1, -0.05) is 17.7 Å². The Morgan fingerprint density at radius 3 is 2.81 bits per heavy atom. The minimum Gasteiger partial charge on any atom is -0.384 e. The average Bonchev–Trinajstić information content (AvgIpc) is 2.52. The first-order valence-corrected chi connectivity index (χ1v) is 5.34. The van der Waals surface area contributed by atoms with Crippen LogP contribution in [0.3, 0.4) is 0 Å². The number of rotatable bonds is 0. The van der Waals surface area contributed by atoms with Crippen molar-refractivity contribution in [3.63, 3.8) is 0 Å². The van der Waals surface area contributed by atoms with Gasteiger partial charge in [0.15, 0.2) is 0 Å². The lowest BCUT2D eigenvalue weighted by molar-refractivity contribution is 1.01. The molecule has 2 N–H and O–H groups in total. The van der Waals surface area contributed by atoms with Crippen LogP contribution < -0.4 is 5.73 Å². The maximum absolute atomic E-state index is 6.00. The summed E-state index contributed by atoms with van der Waals surface area (Å²) in [6.07, 6.45) is 1.79. The largest absolute Gasteiger partial charge is 0.384 e. The molecule has 80 valence electrons. The Morgan fingerprint density at radius 1 is 1.19 bits per heavy atom. The minimum atomic E-state index is 0.537. The van der Waals surface area contributed by atoms with Crippen LogP contribution in [0.2, 0.25) is 5.02 Å². The van der Waals surface area contributed by atoms with Gasteiger partial charge >= 0.3 is 0 Å². The first-order valence-electron chi connectivity index (χ1n) is 4.96. The fraction of sp³-hybridized carbons (Fsp3) is 0.0833. The van der Waals surface area contributed by atoms with E-state index in [1.807, 2.05) is 31.3 Å². The molecule has 16 heavy (non-hydrogen) atoms. The third-order valence-corrected chi connectivity index (χ3v) is 3.11. The monoisotopic (exact) mass is 231 g/mol. The van der Waals surface area contributed by atoms with E-state index in [1.165, 1.54) is 0 Å². The summed E-state index contributed by atoms with van der Waals surface area (Å²) in [6.45, 7) is 0. The second-order valence-corrected chi connectivity index (χ2v) is 4.28. The highest BCUT2D eigenvalue weighted by molar-refractivity contribution is 6.31. The number of anilines is 1. The Kier molecular flexibility index (Phi) is 1.85. The standard InChI is InChI=1S/C12H10ClN3/c1-16-10-4-7(13)2-3-8(10)9-5-12(14)15-6-11(9)16/h2-6H,1H3,(H2,14,15). The van der Waals surface area contributed by atoms with E-state index >= 15 is 0 Å². The fourth-order valence-electron chi connectivity index (χ4n) is 2.09. The van der Waals surface area contributed by atoms with Crippen LogP contribution in [0.25, 0.3) is 21.8 Å². The van der Waals surface area contributed by atoms with Crippen molar-refractivity contribution in [3.05, 3.63) is 35.5 Å². The zero-order valence-electron chi connectivity index (χ0n) is 8.74. The molecule has 0 bridgehead atoms. The molecule has 0 amide bonds. The summed E-state index contributed by atoms with van der Waals surface area (Å²) in [4.78, 5) is 4.11. The van der Waals surface area contributed by atoms with Crippen LogP contribution >= 0.6 is 11.6 Å². The van der Waals surface area contributed by atoms with Crippen molar-refractivity contribution in [3.8, 4) is 0 Å². The second kappa shape index (κ2) is 3.12. The van der Waals surface area contributed by atoms with Crippen molar-refractivity contribution < 1.29 is 0 Å². The summed E-state index contributed by atoms with van der Waals surface area (Å²) in [5.41, 5.74) is 7.86. The van der Waals surface area contributed by atoms with Crippen molar-refractivity contribution in [2.24, 2.45) is 7.05 Å². The maximum Gasteiger partial charge on any atom is 0.124 e. The molecule has 1 aromatic carbocycles.